The zero-order valence-electron chi connectivity index (χ0n) is 18.2. The number of ketones is 1. The predicted octanol–water partition coefficient (Wildman–Crippen LogP) is 6.05. The molecule has 1 aliphatic rings. The Morgan fingerprint density at radius 3 is 2.65 bits per heavy atom. The third-order valence-corrected chi connectivity index (χ3v) is 5.62. The van der Waals surface area contributed by atoms with Crippen molar-refractivity contribution in [2.45, 2.75) is 19.4 Å². The minimum Gasteiger partial charge on any atom is -0.497 e. The van der Waals surface area contributed by atoms with Gasteiger partial charge in [-0.2, -0.15) is 0 Å². The minimum absolute atomic E-state index is 0.0394. The highest BCUT2D eigenvalue weighted by Crippen LogP contribution is 2.32. The molecule has 1 aromatic heterocycles. The highest BCUT2D eigenvalue weighted by atomic mass is 16.5. The summed E-state index contributed by atoms with van der Waals surface area (Å²) in [5, 5.41) is 3.44. The molecule has 4 rings (SSSR count). The molecule has 0 bridgehead atoms. The van der Waals surface area contributed by atoms with Crippen molar-refractivity contribution in [3.8, 4) is 5.75 Å². The Bertz CT molecular complexity index is 1130. The molecule has 0 saturated carbocycles. The second-order valence-corrected chi connectivity index (χ2v) is 8.07. The number of aromatic nitrogens is 1. The molecule has 1 heterocycles. The molecule has 2 aromatic carbocycles. The summed E-state index contributed by atoms with van der Waals surface area (Å²) in [6, 6.07) is 17.0. The molecular weight excluding hydrogens is 384 g/mol. The van der Waals surface area contributed by atoms with Crippen LogP contribution in [0.5, 0.6) is 5.75 Å². The van der Waals surface area contributed by atoms with Crippen molar-refractivity contribution in [3.63, 3.8) is 0 Å². The lowest BCUT2D eigenvalue weighted by Crippen LogP contribution is -2.22. The van der Waals surface area contributed by atoms with Crippen molar-refractivity contribution < 1.29 is 9.53 Å². The number of allylic oxidation sites excluding steroid dienone is 4. The van der Waals surface area contributed by atoms with Gasteiger partial charge in [-0.05, 0) is 35.6 Å². The van der Waals surface area contributed by atoms with Gasteiger partial charge in [0.2, 0.25) is 0 Å². The van der Waals surface area contributed by atoms with Crippen molar-refractivity contribution in [3.05, 3.63) is 102 Å². The van der Waals surface area contributed by atoms with E-state index in [2.05, 4.69) is 30.5 Å². The monoisotopic (exact) mass is 412 g/mol. The summed E-state index contributed by atoms with van der Waals surface area (Å²) in [4.78, 5) is 13.9. The maximum Gasteiger partial charge on any atom is 0.191 e. The predicted molar refractivity (Wildman–Crippen MR) is 126 cm³/mol. The number of methoxy groups -OCH3 is 1. The molecule has 0 spiro atoms. The highest BCUT2D eigenvalue weighted by molar-refractivity contribution is 6.06. The van der Waals surface area contributed by atoms with Crippen molar-refractivity contribution in [2.24, 2.45) is 13.0 Å². The maximum absolute atomic E-state index is 13.9. The van der Waals surface area contributed by atoms with Crippen molar-refractivity contribution in [1.82, 2.24) is 4.57 Å². The third-order valence-electron chi connectivity index (χ3n) is 5.62. The van der Waals surface area contributed by atoms with Crippen LogP contribution in [0.15, 0.2) is 85.2 Å². The number of carbonyl (C=O) groups excluding carboxylic acids is 1. The minimum atomic E-state index is -0.512. The first-order valence-corrected chi connectivity index (χ1v) is 10.6. The molecule has 4 heteroatoms. The van der Waals surface area contributed by atoms with Gasteiger partial charge in [0.05, 0.1) is 7.11 Å². The van der Waals surface area contributed by atoms with Gasteiger partial charge in [-0.25, -0.2) is 0 Å². The van der Waals surface area contributed by atoms with E-state index in [1.807, 2.05) is 78.6 Å². The van der Waals surface area contributed by atoms with Crippen molar-refractivity contribution >= 4 is 17.0 Å². The van der Waals surface area contributed by atoms with E-state index in [1.165, 1.54) is 0 Å². The van der Waals surface area contributed by atoms with Crippen LogP contribution in [0.2, 0.25) is 0 Å². The fraction of sp³-hybridized carbons (Fsp3) is 0.222. The van der Waals surface area contributed by atoms with E-state index in [0.717, 1.165) is 40.1 Å². The molecule has 0 radical (unpaired) electrons. The number of nitrogens with one attached hydrogen (secondary N) is 1. The van der Waals surface area contributed by atoms with Gasteiger partial charge in [0.25, 0.3) is 0 Å². The summed E-state index contributed by atoms with van der Waals surface area (Å²) in [6.45, 7) is 2.20. The second kappa shape index (κ2) is 9.09. The van der Waals surface area contributed by atoms with Gasteiger partial charge in [0.1, 0.15) is 11.8 Å². The average Bonchev–Trinajstić information content (AvgIpc) is 3.20. The largest absolute Gasteiger partial charge is 0.497 e. The average molecular weight is 413 g/mol. The van der Waals surface area contributed by atoms with Crippen LogP contribution in [0.4, 0.5) is 5.69 Å². The molecule has 2 unspecified atom stereocenters. The van der Waals surface area contributed by atoms with Crippen molar-refractivity contribution in [1.29, 1.82) is 0 Å². The van der Waals surface area contributed by atoms with E-state index in [-0.39, 0.29) is 5.78 Å². The standard InChI is InChI=1S/C27H28N2O2/c1-19-12-14-20(15-13-19)24-17-29(2)18-25(24)27(30)26(21-8-5-4-6-9-21)28-22-10-7-11-23(16-22)31-3/h4-12,14-19,26,28H,13H2,1-3H3. The normalized spacial score (nSPS) is 16.5. The van der Waals surface area contributed by atoms with Gasteiger partial charge >= 0.3 is 0 Å². The number of hydrogen-bond acceptors (Lipinski definition) is 3. The van der Waals surface area contributed by atoms with Crippen LogP contribution >= 0.6 is 0 Å². The number of Topliss-reactive ketones (excluding diaryl/α,β-unsaturated/α-hetero) is 1. The molecule has 0 fully saturated rings. The summed E-state index contributed by atoms with van der Waals surface area (Å²) < 4.78 is 7.32. The Morgan fingerprint density at radius 2 is 1.94 bits per heavy atom. The van der Waals surface area contributed by atoms with Gasteiger partial charge in [0.15, 0.2) is 5.78 Å². The van der Waals surface area contributed by atoms with E-state index in [4.69, 9.17) is 4.74 Å². The zero-order chi connectivity index (χ0) is 21.8. The molecule has 0 amide bonds. The first kappa shape index (κ1) is 20.7. The lowest BCUT2D eigenvalue weighted by Gasteiger charge is -2.21. The van der Waals surface area contributed by atoms with E-state index in [9.17, 15) is 4.79 Å². The summed E-state index contributed by atoms with van der Waals surface area (Å²) in [7, 11) is 3.60. The van der Waals surface area contributed by atoms with Crippen LogP contribution in [0.3, 0.4) is 0 Å². The van der Waals surface area contributed by atoms with Crippen LogP contribution in [0.25, 0.3) is 5.57 Å². The molecule has 0 saturated heterocycles. The number of ether oxygens (including phenoxy) is 1. The summed E-state index contributed by atoms with van der Waals surface area (Å²) in [6.07, 6.45) is 11.5. The second-order valence-electron chi connectivity index (χ2n) is 8.07. The number of nitrogens with zero attached hydrogens (tertiary/aromatic N) is 1. The molecule has 0 aliphatic heterocycles. The van der Waals surface area contributed by atoms with E-state index in [1.54, 1.807) is 7.11 Å². The number of hydrogen-bond donors (Lipinski definition) is 1. The number of carbonyl (C=O) groups is 1. The van der Waals surface area contributed by atoms with Crippen LogP contribution in [0.1, 0.15) is 40.9 Å². The lowest BCUT2D eigenvalue weighted by atomic mass is 9.90. The Morgan fingerprint density at radius 1 is 1.13 bits per heavy atom. The molecule has 158 valence electrons. The Hall–Kier alpha value is -3.53. The number of aryl methyl sites for hydroxylation is 1. The quantitative estimate of drug-likeness (QED) is 0.481. The van der Waals surface area contributed by atoms with Crippen LogP contribution in [0, 0.1) is 5.92 Å². The Kier molecular flexibility index (Phi) is 6.08. The van der Waals surface area contributed by atoms with Gasteiger partial charge in [0, 0.05) is 42.3 Å². The maximum atomic E-state index is 13.9. The molecule has 1 N–H and O–H groups in total. The molecule has 4 nitrogen and oxygen atoms in total. The first-order valence-electron chi connectivity index (χ1n) is 10.6. The van der Waals surface area contributed by atoms with Gasteiger partial charge in [-0.15, -0.1) is 0 Å². The van der Waals surface area contributed by atoms with Gasteiger partial charge in [-0.3, -0.25) is 4.79 Å². The van der Waals surface area contributed by atoms with Gasteiger partial charge < -0.3 is 14.6 Å². The highest BCUT2D eigenvalue weighted by Gasteiger charge is 2.26. The summed E-state index contributed by atoms with van der Waals surface area (Å²) in [5.74, 6) is 1.31. The SMILES string of the molecule is COc1cccc(NC(C(=O)c2cn(C)cc2C2=CCC(C)C=C2)c2ccccc2)c1. The smallest absolute Gasteiger partial charge is 0.191 e. The van der Waals surface area contributed by atoms with E-state index in [0.29, 0.717) is 5.92 Å². The van der Waals surface area contributed by atoms with Crippen molar-refractivity contribution in [2.75, 3.05) is 12.4 Å². The number of benzene rings is 2. The first-order chi connectivity index (χ1) is 15.0. The van der Waals surface area contributed by atoms with E-state index < -0.39 is 6.04 Å². The third kappa shape index (κ3) is 4.64. The molecule has 2 atom stereocenters. The topological polar surface area (TPSA) is 43.3 Å². The van der Waals surface area contributed by atoms with Crippen LogP contribution in [-0.4, -0.2) is 17.5 Å². The molecular formula is C27H28N2O2. The number of rotatable bonds is 7. The molecule has 1 aliphatic carbocycles. The van der Waals surface area contributed by atoms with Crippen LogP contribution < -0.4 is 10.1 Å². The fourth-order valence-electron chi connectivity index (χ4n) is 3.92. The zero-order valence-corrected chi connectivity index (χ0v) is 18.2. The van der Waals surface area contributed by atoms with Crippen LogP contribution in [-0.2, 0) is 7.05 Å². The molecule has 31 heavy (non-hydrogen) atoms. The number of anilines is 1. The van der Waals surface area contributed by atoms with Gasteiger partial charge in [-0.1, -0.05) is 61.5 Å². The summed E-state index contributed by atoms with van der Waals surface area (Å²) >= 11 is 0. The fourth-order valence-corrected chi connectivity index (χ4v) is 3.92. The molecule has 3 aromatic rings. The Labute approximate surface area is 183 Å². The Balaban J connectivity index is 1.73. The van der Waals surface area contributed by atoms with E-state index >= 15 is 0 Å². The summed E-state index contributed by atoms with van der Waals surface area (Å²) in [5.41, 5.74) is 4.56. The lowest BCUT2D eigenvalue weighted by molar-refractivity contribution is 0.0969.